The van der Waals surface area contributed by atoms with Gasteiger partial charge in [-0.3, -0.25) is 0 Å². The Balaban J connectivity index is 1.71. The van der Waals surface area contributed by atoms with Crippen LogP contribution in [0.5, 0.6) is 5.75 Å². The van der Waals surface area contributed by atoms with Crippen LogP contribution in [0, 0.1) is 5.92 Å². The summed E-state index contributed by atoms with van der Waals surface area (Å²) in [6.45, 7) is 2.24. The molecular formula is C18H18O4S. The zero-order valence-electron chi connectivity index (χ0n) is 13.1. The number of carbonyl (C=O) groups is 2. The Morgan fingerprint density at radius 2 is 1.91 bits per heavy atom. The second kappa shape index (κ2) is 6.54. The lowest BCUT2D eigenvalue weighted by Crippen LogP contribution is -2.08. The third-order valence-electron chi connectivity index (χ3n) is 4.02. The molecule has 0 radical (unpaired) electrons. The number of thiophene rings is 1. The van der Waals surface area contributed by atoms with Crippen LogP contribution in [0.3, 0.4) is 0 Å². The quantitative estimate of drug-likeness (QED) is 0.633. The summed E-state index contributed by atoms with van der Waals surface area (Å²) < 4.78 is 10.0. The van der Waals surface area contributed by atoms with Crippen molar-refractivity contribution in [3.63, 3.8) is 0 Å². The van der Waals surface area contributed by atoms with Crippen molar-refractivity contribution in [3.8, 4) is 5.75 Å². The van der Waals surface area contributed by atoms with Crippen LogP contribution < -0.4 is 4.74 Å². The summed E-state index contributed by atoms with van der Waals surface area (Å²) in [6, 6.07) is 8.31. The number of ether oxygens (including phenoxy) is 2. The highest BCUT2D eigenvalue weighted by Gasteiger charge is 2.21. The summed E-state index contributed by atoms with van der Waals surface area (Å²) >= 11 is 1.53. The standard InChI is InChI=1S/C18H18O4S/c1-11-3-8-15-13(9-11)10-16(23-15)18(20)22-14-6-4-12(5-7-14)17(19)21-2/h4-7,10-11H,3,8-9H2,1-2H3. The number of fused-ring (bicyclic) bond motifs is 1. The SMILES string of the molecule is COC(=O)c1ccc(OC(=O)c2cc3c(s2)CCC(C)C3)cc1. The van der Waals surface area contributed by atoms with Crippen LogP contribution in [0.1, 0.15) is 43.8 Å². The van der Waals surface area contributed by atoms with Gasteiger partial charge in [0, 0.05) is 4.88 Å². The van der Waals surface area contributed by atoms with Crippen molar-refractivity contribution in [1.82, 2.24) is 0 Å². The normalized spacial score (nSPS) is 16.5. The molecule has 0 saturated carbocycles. The first-order chi connectivity index (χ1) is 11.1. The van der Waals surface area contributed by atoms with Crippen molar-refractivity contribution in [1.29, 1.82) is 0 Å². The van der Waals surface area contributed by atoms with Gasteiger partial charge in [0.1, 0.15) is 10.6 Å². The molecule has 1 unspecified atom stereocenters. The molecular weight excluding hydrogens is 312 g/mol. The fraction of sp³-hybridized carbons (Fsp3) is 0.333. The van der Waals surface area contributed by atoms with Gasteiger partial charge in [-0.2, -0.15) is 0 Å². The van der Waals surface area contributed by atoms with Crippen LogP contribution in [0.25, 0.3) is 0 Å². The van der Waals surface area contributed by atoms with Crippen molar-refractivity contribution in [2.45, 2.75) is 26.2 Å². The molecule has 1 atom stereocenters. The summed E-state index contributed by atoms with van der Waals surface area (Å²) in [5, 5.41) is 0. The van der Waals surface area contributed by atoms with Crippen molar-refractivity contribution >= 4 is 23.3 Å². The Kier molecular flexibility index (Phi) is 4.48. The number of esters is 2. The van der Waals surface area contributed by atoms with Crippen LogP contribution in [-0.4, -0.2) is 19.0 Å². The first-order valence-corrected chi connectivity index (χ1v) is 8.40. The molecule has 1 aromatic heterocycles. The third-order valence-corrected chi connectivity index (χ3v) is 5.23. The van der Waals surface area contributed by atoms with Crippen molar-refractivity contribution in [3.05, 3.63) is 51.2 Å². The number of hydrogen-bond donors (Lipinski definition) is 0. The lowest BCUT2D eigenvalue weighted by Gasteiger charge is -2.16. The summed E-state index contributed by atoms with van der Waals surface area (Å²) in [4.78, 5) is 25.6. The molecule has 1 aliphatic carbocycles. The molecule has 1 aliphatic rings. The smallest absolute Gasteiger partial charge is 0.353 e. The van der Waals surface area contributed by atoms with Gasteiger partial charge in [0.2, 0.25) is 0 Å². The molecule has 2 aromatic rings. The van der Waals surface area contributed by atoms with Crippen LogP contribution in [0.4, 0.5) is 0 Å². The molecule has 0 N–H and O–H groups in total. The number of methoxy groups -OCH3 is 1. The largest absolute Gasteiger partial charge is 0.465 e. The Morgan fingerprint density at radius 1 is 1.17 bits per heavy atom. The van der Waals surface area contributed by atoms with E-state index in [0.29, 0.717) is 22.1 Å². The number of hydrogen-bond acceptors (Lipinski definition) is 5. The molecule has 0 aliphatic heterocycles. The third kappa shape index (κ3) is 3.45. The van der Waals surface area contributed by atoms with Gasteiger partial charge in [0.05, 0.1) is 12.7 Å². The summed E-state index contributed by atoms with van der Waals surface area (Å²) in [6.07, 6.45) is 3.26. The van der Waals surface area contributed by atoms with Gasteiger partial charge in [-0.1, -0.05) is 6.92 Å². The Bertz CT molecular complexity index is 730. The second-order valence-corrected chi connectivity index (χ2v) is 6.95. The second-order valence-electron chi connectivity index (χ2n) is 5.81. The molecule has 0 saturated heterocycles. The average molecular weight is 330 g/mol. The fourth-order valence-corrected chi connectivity index (χ4v) is 3.83. The molecule has 3 rings (SSSR count). The maximum absolute atomic E-state index is 12.3. The maximum Gasteiger partial charge on any atom is 0.353 e. The van der Waals surface area contributed by atoms with Crippen molar-refractivity contribution < 1.29 is 19.1 Å². The van der Waals surface area contributed by atoms with Crippen LogP contribution in [0.15, 0.2) is 30.3 Å². The molecule has 120 valence electrons. The minimum atomic E-state index is -0.414. The van der Waals surface area contributed by atoms with E-state index < -0.39 is 5.97 Å². The van der Waals surface area contributed by atoms with Gasteiger partial charge < -0.3 is 9.47 Å². The highest BCUT2D eigenvalue weighted by Crippen LogP contribution is 2.32. The molecule has 1 heterocycles. The Labute approximate surface area is 139 Å². The molecule has 1 aromatic carbocycles. The van der Waals surface area contributed by atoms with E-state index in [1.165, 1.54) is 35.3 Å². The zero-order chi connectivity index (χ0) is 16.4. The Hall–Kier alpha value is -2.14. The van der Waals surface area contributed by atoms with E-state index in [2.05, 4.69) is 11.7 Å². The van der Waals surface area contributed by atoms with Gasteiger partial charge in [-0.25, -0.2) is 9.59 Å². The molecule has 23 heavy (non-hydrogen) atoms. The Morgan fingerprint density at radius 3 is 2.61 bits per heavy atom. The summed E-state index contributed by atoms with van der Waals surface area (Å²) in [5.41, 5.74) is 1.70. The highest BCUT2D eigenvalue weighted by atomic mass is 32.1. The van der Waals surface area contributed by atoms with Crippen molar-refractivity contribution in [2.75, 3.05) is 7.11 Å². The summed E-state index contributed by atoms with van der Waals surface area (Å²) in [7, 11) is 1.33. The molecule has 0 bridgehead atoms. The monoisotopic (exact) mass is 330 g/mol. The molecule has 4 nitrogen and oxygen atoms in total. The molecule has 0 fully saturated rings. The molecule has 0 spiro atoms. The highest BCUT2D eigenvalue weighted by molar-refractivity contribution is 7.14. The lowest BCUT2D eigenvalue weighted by atomic mass is 9.90. The van der Waals surface area contributed by atoms with Crippen molar-refractivity contribution in [2.24, 2.45) is 5.92 Å². The van der Waals surface area contributed by atoms with E-state index in [9.17, 15) is 9.59 Å². The predicted molar refractivity (Wildman–Crippen MR) is 88.2 cm³/mol. The van der Waals surface area contributed by atoms with E-state index >= 15 is 0 Å². The van der Waals surface area contributed by atoms with E-state index in [0.717, 1.165) is 12.8 Å². The topological polar surface area (TPSA) is 52.6 Å². The number of benzene rings is 1. The first-order valence-electron chi connectivity index (χ1n) is 7.59. The van der Waals surface area contributed by atoms with E-state index in [1.54, 1.807) is 24.3 Å². The van der Waals surface area contributed by atoms with E-state index in [4.69, 9.17) is 4.74 Å². The first kappa shape index (κ1) is 15.7. The predicted octanol–water partition coefficient (Wildman–Crippen LogP) is 3.88. The van der Waals surface area contributed by atoms with E-state index in [1.807, 2.05) is 6.07 Å². The number of rotatable bonds is 3. The lowest BCUT2D eigenvalue weighted by molar-refractivity contribution is 0.0600. The summed E-state index contributed by atoms with van der Waals surface area (Å²) in [5.74, 6) is 0.333. The molecule has 5 heteroatoms. The van der Waals surface area contributed by atoms with Gasteiger partial charge in [0.25, 0.3) is 0 Å². The van der Waals surface area contributed by atoms with Crippen LogP contribution >= 0.6 is 11.3 Å². The minimum Gasteiger partial charge on any atom is -0.465 e. The number of carbonyl (C=O) groups excluding carboxylic acids is 2. The average Bonchev–Trinajstić information content (AvgIpc) is 2.98. The van der Waals surface area contributed by atoms with Crippen LogP contribution in [-0.2, 0) is 17.6 Å². The number of aryl methyl sites for hydroxylation is 1. The fourth-order valence-electron chi connectivity index (χ4n) is 2.74. The van der Waals surface area contributed by atoms with Gasteiger partial charge in [-0.05, 0) is 61.1 Å². The van der Waals surface area contributed by atoms with Crippen LogP contribution in [0.2, 0.25) is 0 Å². The van der Waals surface area contributed by atoms with Gasteiger partial charge in [-0.15, -0.1) is 11.3 Å². The van der Waals surface area contributed by atoms with Gasteiger partial charge in [0.15, 0.2) is 0 Å². The molecule has 0 amide bonds. The maximum atomic E-state index is 12.3. The van der Waals surface area contributed by atoms with E-state index in [-0.39, 0.29) is 5.97 Å². The zero-order valence-corrected chi connectivity index (χ0v) is 13.9. The van der Waals surface area contributed by atoms with Gasteiger partial charge >= 0.3 is 11.9 Å². The minimum absolute atomic E-state index is 0.345.